The molecule has 0 spiro atoms. The van der Waals surface area contributed by atoms with Crippen molar-refractivity contribution in [2.24, 2.45) is 5.92 Å². The molecule has 20 heavy (non-hydrogen) atoms. The zero-order chi connectivity index (χ0) is 14.1. The number of nitrogens with one attached hydrogen (secondary N) is 1. The normalized spacial score (nSPS) is 20.1. The molecule has 1 saturated heterocycles. The molecule has 3 nitrogen and oxygen atoms in total. The molecular formula is C14H18Cl2N2OS. The van der Waals surface area contributed by atoms with Crippen LogP contribution < -0.4 is 5.32 Å². The average Bonchev–Trinajstić information content (AvgIpc) is 3.22. The summed E-state index contributed by atoms with van der Waals surface area (Å²) >= 11 is 13.4. The fourth-order valence-electron chi connectivity index (χ4n) is 2.77. The van der Waals surface area contributed by atoms with Gasteiger partial charge in [-0.05, 0) is 50.8 Å². The van der Waals surface area contributed by atoms with E-state index in [2.05, 4.69) is 5.32 Å². The van der Waals surface area contributed by atoms with Crippen LogP contribution in [0.25, 0.3) is 0 Å². The van der Waals surface area contributed by atoms with Crippen molar-refractivity contribution in [1.82, 2.24) is 10.2 Å². The first kappa shape index (κ1) is 14.6. The third-order valence-electron chi connectivity index (χ3n) is 4.05. The minimum Gasteiger partial charge on any atom is -0.335 e. The lowest BCUT2D eigenvalue weighted by atomic mass is 9.97. The van der Waals surface area contributed by atoms with E-state index in [1.165, 1.54) is 11.3 Å². The SMILES string of the molecule is O=C(c1cc(Cl)sc1Cl)N(CC1CCNCC1)C1CC1. The van der Waals surface area contributed by atoms with Crippen LogP contribution >= 0.6 is 34.5 Å². The van der Waals surface area contributed by atoms with Crippen LogP contribution in [0.3, 0.4) is 0 Å². The highest BCUT2D eigenvalue weighted by molar-refractivity contribution is 7.20. The fraction of sp³-hybridized carbons (Fsp3) is 0.643. The van der Waals surface area contributed by atoms with Crippen molar-refractivity contribution in [2.45, 2.75) is 31.7 Å². The van der Waals surface area contributed by atoms with Crippen LogP contribution in [0.2, 0.25) is 8.67 Å². The molecular weight excluding hydrogens is 315 g/mol. The zero-order valence-corrected chi connectivity index (χ0v) is 13.5. The van der Waals surface area contributed by atoms with E-state index in [0.717, 1.165) is 45.3 Å². The second-order valence-electron chi connectivity index (χ2n) is 5.62. The van der Waals surface area contributed by atoms with Gasteiger partial charge in [-0.25, -0.2) is 0 Å². The Morgan fingerprint density at radius 3 is 2.55 bits per heavy atom. The summed E-state index contributed by atoms with van der Waals surface area (Å²) in [6, 6.07) is 2.11. The molecule has 2 heterocycles. The van der Waals surface area contributed by atoms with Gasteiger partial charge in [0.15, 0.2) is 0 Å². The Labute approximate surface area is 133 Å². The van der Waals surface area contributed by atoms with E-state index in [9.17, 15) is 4.79 Å². The van der Waals surface area contributed by atoms with Crippen LogP contribution in [-0.4, -0.2) is 36.5 Å². The van der Waals surface area contributed by atoms with Gasteiger partial charge in [0.1, 0.15) is 4.34 Å². The predicted molar refractivity (Wildman–Crippen MR) is 84.0 cm³/mol. The molecule has 1 amide bonds. The Morgan fingerprint density at radius 1 is 1.30 bits per heavy atom. The standard InChI is InChI=1S/C14H18Cl2N2OS/c15-12-7-11(13(16)20-12)14(19)18(10-1-2-10)8-9-3-5-17-6-4-9/h7,9-10,17H,1-6,8H2. The molecule has 0 bridgehead atoms. The Kier molecular flexibility index (Phi) is 4.55. The average molecular weight is 333 g/mol. The number of piperidine rings is 1. The summed E-state index contributed by atoms with van der Waals surface area (Å²) in [6.45, 7) is 2.97. The van der Waals surface area contributed by atoms with Gasteiger partial charge in [-0.3, -0.25) is 4.79 Å². The first-order chi connectivity index (χ1) is 9.65. The van der Waals surface area contributed by atoms with Gasteiger partial charge in [-0.15, -0.1) is 11.3 Å². The minimum atomic E-state index is 0.0548. The second kappa shape index (κ2) is 6.22. The highest BCUT2D eigenvalue weighted by Gasteiger charge is 2.35. The second-order valence-corrected chi connectivity index (χ2v) is 7.91. The quantitative estimate of drug-likeness (QED) is 0.912. The molecule has 0 unspecified atom stereocenters. The number of amides is 1. The summed E-state index contributed by atoms with van der Waals surface area (Å²) in [7, 11) is 0. The maximum absolute atomic E-state index is 12.7. The lowest BCUT2D eigenvalue weighted by Crippen LogP contribution is -2.40. The zero-order valence-electron chi connectivity index (χ0n) is 11.2. The van der Waals surface area contributed by atoms with Crippen molar-refractivity contribution in [1.29, 1.82) is 0 Å². The van der Waals surface area contributed by atoms with Crippen LogP contribution in [0.1, 0.15) is 36.0 Å². The van der Waals surface area contributed by atoms with Crippen LogP contribution in [-0.2, 0) is 0 Å². The molecule has 1 N–H and O–H groups in total. The van der Waals surface area contributed by atoms with Gasteiger partial charge in [0, 0.05) is 12.6 Å². The van der Waals surface area contributed by atoms with E-state index >= 15 is 0 Å². The topological polar surface area (TPSA) is 32.3 Å². The molecule has 1 aliphatic carbocycles. The summed E-state index contributed by atoms with van der Waals surface area (Å²) < 4.78 is 1.09. The van der Waals surface area contributed by atoms with Gasteiger partial charge in [-0.2, -0.15) is 0 Å². The minimum absolute atomic E-state index is 0.0548. The fourth-order valence-corrected chi connectivity index (χ4v) is 4.22. The summed E-state index contributed by atoms with van der Waals surface area (Å²) in [5.41, 5.74) is 0.572. The van der Waals surface area contributed by atoms with Crippen molar-refractivity contribution >= 4 is 40.4 Å². The van der Waals surface area contributed by atoms with Crippen molar-refractivity contribution in [2.75, 3.05) is 19.6 Å². The van der Waals surface area contributed by atoms with Crippen molar-refractivity contribution in [3.8, 4) is 0 Å². The number of halogens is 2. The Bertz CT molecular complexity index is 495. The lowest BCUT2D eigenvalue weighted by molar-refractivity contribution is 0.0702. The summed E-state index contributed by atoms with van der Waals surface area (Å²) in [4.78, 5) is 14.7. The van der Waals surface area contributed by atoms with Crippen LogP contribution in [0.5, 0.6) is 0 Å². The number of hydrogen-bond donors (Lipinski definition) is 1. The monoisotopic (exact) mass is 332 g/mol. The van der Waals surface area contributed by atoms with Crippen LogP contribution in [0.4, 0.5) is 0 Å². The maximum atomic E-state index is 12.7. The molecule has 0 atom stereocenters. The van der Waals surface area contributed by atoms with Gasteiger partial charge < -0.3 is 10.2 Å². The third kappa shape index (κ3) is 3.30. The number of carbonyl (C=O) groups is 1. The highest BCUT2D eigenvalue weighted by atomic mass is 35.5. The van der Waals surface area contributed by atoms with E-state index in [1.54, 1.807) is 6.07 Å². The molecule has 0 radical (unpaired) electrons. The van der Waals surface area contributed by atoms with Crippen LogP contribution in [0, 0.1) is 5.92 Å². The smallest absolute Gasteiger partial charge is 0.256 e. The van der Waals surface area contributed by atoms with Gasteiger partial charge in [-0.1, -0.05) is 23.2 Å². The number of hydrogen-bond acceptors (Lipinski definition) is 3. The molecule has 110 valence electrons. The number of carbonyl (C=O) groups excluding carboxylic acids is 1. The summed E-state index contributed by atoms with van der Waals surface area (Å²) in [6.07, 6.45) is 4.53. The first-order valence-corrected chi connectivity index (χ1v) is 8.69. The largest absolute Gasteiger partial charge is 0.335 e. The van der Waals surface area contributed by atoms with E-state index in [0.29, 0.717) is 26.2 Å². The molecule has 3 rings (SSSR count). The third-order valence-corrected chi connectivity index (χ3v) is 5.54. The molecule has 1 aromatic heterocycles. The Balaban J connectivity index is 1.72. The predicted octanol–water partition coefficient (Wildman–Crippen LogP) is 3.66. The molecule has 1 saturated carbocycles. The maximum Gasteiger partial charge on any atom is 0.256 e. The van der Waals surface area contributed by atoms with E-state index < -0.39 is 0 Å². The molecule has 2 fully saturated rings. The van der Waals surface area contributed by atoms with Crippen molar-refractivity contribution in [3.63, 3.8) is 0 Å². The van der Waals surface area contributed by atoms with Crippen LogP contribution in [0.15, 0.2) is 6.07 Å². The highest BCUT2D eigenvalue weighted by Crippen LogP contribution is 2.35. The number of rotatable bonds is 4. The number of nitrogens with zero attached hydrogens (tertiary/aromatic N) is 1. The molecule has 2 aliphatic rings. The first-order valence-electron chi connectivity index (χ1n) is 7.11. The molecule has 1 aromatic rings. The van der Waals surface area contributed by atoms with E-state index in [-0.39, 0.29) is 5.91 Å². The van der Waals surface area contributed by atoms with Gasteiger partial charge in [0.25, 0.3) is 5.91 Å². The molecule has 6 heteroatoms. The molecule has 1 aliphatic heterocycles. The lowest BCUT2D eigenvalue weighted by Gasteiger charge is -2.30. The van der Waals surface area contributed by atoms with Gasteiger partial charge >= 0.3 is 0 Å². The van der Waals surface area contributed by atoms with E-state index in [4.69, 9.17) is 23.2 Å². The van der Waals surface area contributed by atoms with Gasteiger partial charge in [0.2, 0.25) is 0 Å². The Hall–Kier alpha value is -0.290. The van der Waals surface area contributed by atoms with Gasteiger partial charge in [0.05, 0.1) is 9.90 Å². The number of thiophene rings is 1. The summed E-state index contributed by atoms with van der Waals surface area (Å²) in [5, 5.41) is 3.37. The van der Waals surface area contributed by atoms with E-state index in [1.807, 2.05) is 4.90 Å². The van der Waals surface area contributed by atoms with Crippen molar-refractivity contribution in [3.05, 3.63) is 20.3 Å². The Morgan fingerprint density at radius 2 is 2.00 bits per heavy atom. The molecule has 0 aromatic carbocycles. The summed E-state index contributed by atoms with van der Waals surface area (Å²) in [5.74, 6) is 0.660. The van der Waals surface area contributed by atoms with Crippen molar-refractivity contribution < 1.29 is 4.79 Å².